The van der Waals surface area contributed by atoms with Gasteiger partial charge in [-0.25, -0.2) is 0 Å². The topological polar surface area (TPSA) is 30.9 Å². The lowest BCUT2D eigenvalue weighted by Gasteiger charge is -2.00. The second-order valence-corrected chi connectivity index (χ2v) is 3.35. The third-order valence-electron chi connectivity index (χ3n) is 2.36. The van der Waals surface area contributed by atoms with Crippen molar-refractivity contribution in [2.75, 3.05) is 6.54 Å². The van der Waals surface area contributed by atoms with Crippen molar-refractivity contribution in [1.82, 2.24) is 4.57 Å². The quantitative estimate of drug-likeness (QED) is 0.765. The van der Waals surface area contributed by atoms with Gasteiger partial charge in [0.1, 0.15) is 0 Å². The van der Waals surface area contributed by atoms with Crippen molar-refractivity contribution in [3.05, 3.63) is 42.1 Å². The summed E-state index contributed by atoms with van der Waals surface area (Å²) in [5, 5.41) is 1.27. The summed E-state index contributed by atoms with van der Waals surface area (Å²) in [5.74, 6) is 0. The van der Waals surface area contributed by atoms with Gasteiger partial charge in [0, 0.05) is 25.2 Å². The molecule has 0 amide bonds. The van der Waals surface area contributed by atoms with Crippen molar-refractivity contribution in [2.24, 2.45) is 12.8 Å². The lowest BCUT2D eigenvalue weighted by Crippen LogP contribution is -1.92. The maximum Gasteiger partial charge on any atom is 0.0551 e. The van der Waals surface area contributed by atoms with E-state index in [-0.39, 0.29) is 0 Å². The minimum atomic E-state index is 0.584. The van der Waals surface area contributed by atoms with E-state index in [0.29, 0.717) is 6.54 Å². The molecular formula is C12H14N2. The lowest BCUT2D eigenvalue weighted by atomic mass is 10.1. The molecule has 2 aromatic rings. The first-order valence-corrected chi connectivity index (χ1v) is 4.73. The van der Waals surface area contributed by atoms with Gasteiger partial charge in [0.25, 0.3) is 0 Å². The first-order valence-electron chi connectivity index (χ1n) is 4.73. The van der Waals surface area contributed by atoms with E-state index in [1.807, 2.05) is 6.08 Å². The minimum absolute atomic E-state index is 0.584. The zero-order valence-corrected chi connectivity index (χ0v) is 8.27. The van der Waals surface area contributed by atoms with Gasteiger partial charge in [0.15, 0.2) is 0 Å². The summed E-state index contributed by atoms with van der Waals surface area (Å²) in [7, 11) is 2.06. The highest BCUT2D eigenvalue weighted by atomic mass is 14.9. The van der Waals surface area contributed by atoms with Gasteiger partial charge in [-0.05, 0) is 11.6 Å². The van der Waals surface area contributed by atoms with E-state index in [1.54, 1.807) is 0 Å². The number of nitrogens with zero attached hydrogens (tertiary/aromatic N) is 1. The van der Waals surface area contributed by atoms with Crippen molar-refractivity contribution in [3.8, 4) is 0 Å². The van der Waals surface area contributed by atoms with Gasteiger partial charge in [-0.3, -0.25) is 0 Å². The minimum Gasteiger partial charge on any atom is -0.350 e. The monoisotopic (exact) mass is 186 g/mol. The van der Waals surface area contributed by atoms with Crippen LogP contribution in [0.25, 0.3) is 17.0 Å². The molecule has 2 rings (SSSR count). The first kappa shape index (κ1) is 9.03. The summed E-state index contributed by atoms with van der Waals surface area (Å²) < 4.78 is 2.13. The Hall–Kier alpha value is -1.54. The van der Waals surface area contributed by atoms with Crippen LogP contribution in [0.5, 0.6) is 0 Å². The molecule has 72 valence electrons. The van der Waals surface area contributed by atoms with Crippen LogP contribution in [-0.4, -0.2) is 11.1 Å². The Morgan fingerprint density at radius 1 is 1.36 bits per heavy atom. The van der Waals surface area contributed by atoms with E-state index in [9.17, 15) is 0 Å². The fourth-order valence-corrected chi connectivity index (χ4v) is 1.72. The Bertz CT molecular complexity index is 466. The molecule has 2 nitrogen and oxygen atoms in total. The summed E-state index contributed by atoms with van der Waals surface area (Å²) >= 11 is 0. The molecular weight excluding hydrogens is 172 g/mol. The number of fused-ring (bicyclic) bond motifs is 1. The number of rotatable bonds is 2. The fraction of sp³-hybridized carbons (Fsp3) is 0.167. The van der Waals surface area contributed by atoms with Crippen LogP contribution in [0.4, 0.5) is 0 Å². The molecule has 0 unspecified atom stereocenters. The molecule has 14 heavy (non-hydrogen) atoms. The van der Waals surface area contributed by atoms with E-state index >= 15 is 0 Å². The molecule has 0 saturated carbocycles. The Balaban J connectivity index is 2.63. The van der Waals surface area contributed by atoms with Crippen LogP contribution in [0.15, 0.2) is 36.5 Å². The Morgan fingerprint density at radius 3 is 3.00 bits per heavy atom. The van der Waals surface area contributed by atoms with Gasteiger partial charge in [-0.1, -0.05) is 30.4 Å². The molecule has 1 aromatic carbocycles. The number of hydrogen-bond donors (Lipinski definition) is 1. The third-order valence-corrected chi connectivity index (χ3v) is 2.36. The number of nitrogens with two attached hydrogens (primary N) is 1. The van der Waals surface area contributed by atoms with Crippen LogP contribution in [0.2, 0.25) is 0 Å². The fourth-order valence-electron chi connectivity index (χ4n) is 1.72. The lowest BCUT2D eigenvalue weighted by molar-refractivity contribution is 0.968. The molecule has 0 aliphatic heterocycles. The van der Waals surface area contributed by atoms with Gasteiger partial charge in [0.2, 0.25) is 0 Å². The van der Waals surface area contributed by atoms with Crippen LogP contribution >= 0.6 is 0 Å². The largest absolute Gasteiger partial charge is 0.350 e. The molecule has 0 bridgehead atoms. The van der Waals surface area contributed by atoms with Gasteiger partial charge >= 0.3 is 0 Å². The number of aryl methyl sites for hydroxylation is 1. The van der Waals surface area contributed by atoms with Crippen LogP contribution in [-0.2, 0) is 7.05 Å². The SMILES string of the molecule is Cn1ccc2cccc(/C=C/CN)c21. The van der Waals surface area contributed by atoms with Gasteiger partial charge in [0.05, 0.1) is 5.52 Å². The summed E-state index contributed by atoms with van der Waals surface area (Å²) in [4.78, 5) is 0. The van der Waals surface area contributed by atoms with E-state index < -0.39 is 0 Å². The second-order valence-electron chi connectivity index (χ2n) is 3.35. The van der Waals surface area contributed by atoms with E-state index in [4.69, 9.17) is 5.73 Å². The first-order chi connectivity index (χ1) is 6.83. The predicted octanol–water partition coefficient (Wildman–Crippen LogP) is 2.15. The molecule has 0 aliphatic carbocycles. The second kappa shape index (κ2) is 3.68. The Morgan fingerprint density at radius 2 is 2.21 bits per heavy atom. The van der Waals surface area contributed by atoms with Crippen LogP contribution < -0.4 is 5.73 Å². The van der Waals surface area contributed by atoms with Crippen LogP contribution in [0.1, 0.15) is 5.56 Å². The molecule has 0 radical (unpaired) electrons. The van der Waals surface area contributed by atoms with Crippen molar-refractivity contribution < 1.29 is 0 Å². The third kappa shape index (κ3) is 1.44. The molecule has 0 saturated heterocycles. The maximum atomic E-state index is 5.44. The van der Waals surface area contributed by atoms with Crippen molar-refractivity contribution in [3.63, 3.8) is 0 Å². The van der Waals surface area contributed by atoms with Crippen molar-refractivity contribution in [2.45, 2.75) is 0 Å². The number of benzene rings is 1. The maximum absolute atomic E-state index is 5.44. The zero-order chi connectivity index (χ0) is 9.97. The van der Waals surface area contributed by atoms with Crippen molar-refractivity contribution >= 4 is 17.0 Å². The molecule has 0 atom stereocenters. The highest BCUT2D eigenvalue weighted by Gasteiger charge is 2.00. The number of aromatic nitrogens is 1. The zero-order valence-electron chi connectivity index (χ0n) is 8.27. The summed E-state index contributed by atoms with van der Waals surface area (Å²) in [6.45, 7) is 0.584. The van der Waals surface area contributed by atoms with Crippen LogP contribution in [0.3, 0.4) is 0 Å². The normalized spacial score (nSPS) is 11.6. The molecule has 0 spiro atoms. The Kier molecular flexibility index (Phi) is 2.37. The molecule has 1 heterocycles. The molecule has 0 aliphatic rings. The average Bonchev–Trinajstić information content (AvgIpc) is 2.58. The average molecular weight is 186 g/mol. The predicted molar refractivity (Wildman–Crippen MR) is 61.0 cm³/mol. The molecule has 0 fully saturated rings. The summed E-state index contributed by atoms with van der Waals surface area (Å²) in [6.07, 6.45) is 6.12. The van der Waals surface area contributed by atoms with Gasteiger partial charge < -0.3 is 10.3 Å². The van der Waals surface area contributed by atoms with E-state index in [0.717, 1.165) is 0 Å². The van der Waals surface area contributed by atoms with E-state index in [2.05, 4.69) is 48.2 Å². The van der Waals surface area contributed by atoms with Crippen LogP contribution in [0, 0.1) is 0 Å². The van der Waals surface area contributed by atoms with Crippen molar-refractivity contribution in [1.29, 1.82) is 0 Å². The number of para-hydroxylation sites is 1. The van der Waals surface area contributed by atoms with Gasteiger partial charge in [-0.15, -0.1) is 0 Å². The molecule has 2 heteroatoms. The standard InChI is InChI=1S/C12H14N2/c1-14-9-7-11-5-2-4-10(12(11)14)6-3-8-13/h2-7,9H,8,13H2,1H3/b6-3+. The van der Waals surface area contributed by atoms with Gasteiger partial charge in [-0.2, -0.15) is 0 Å². The Labute approximate surface area is 83.6 Å². The van der Waals surface area contributed by atoms with E-state index in [1.165, 1.54) is 16.5 Å². The summed E-state index contributed by atoms with van der Waals surface area (Å²) in [5.41, 5.74) is 7.92. The smallest absolute Gasteiger partial charge is 0.0551 e. The highest BCUT2D eigenvalue weighted by Crippen LogP contribution is 2.20. The highest BCUT2D eigenvalue weighted by molar-refractivity contribution is 5.88. The number of hydrogen-bond acceptors (Lipinski definition) is 1. The summed E-state index contributed by atoms with van der Waals surface area (Å²) in [6, 6.07) is 8.41. The molecule has 1 aromatic heterocycles. The molecule has 2 N–H and O–H groups in total.